The Balaban J connectivity index is 1.67. The Hall–Kier alpha value is -3.67. The van der Waals surface area contributed by atoms with E-state index in [1.54, 1.807) is 17.0 Å². The van der Waals surface area contributed by atoms with Crippen LogP contribution in [0.5, 0.6) is 0 Å². The van der Waals surface area contributed by atoms with Gasteiger partial charge in [0.1, 0.15) is 5.70 Å². The molecular weight excluding hydrogens is 340 g/mol. The van der Waals surface area contributed by atoms with Crippen molar-refractivity contribution in [3.8, 4) is 5.69 Å². The van der Waals surface area contributed by atoms with E-state index < -0.39 is 0 Å². The molecule has 0 saturated heterocycles. The summed E-state index contributed by atoms with van der Waals surface area (Å²) in [5, 5.41) is 9.61. The van der Waals surface area contributed by atoms with Gasteiger partial charge in [0.05, 0.1) is 5.69 Å². The Bertz CT molecular complexity index is 930. The Morgan fingerprint density at radius 1 is 1.04 bits per heavy atom. The van der Waals surface area contributed by atoms with Crippen LogP contribution in [0.4, 0.5) is 0 Å². The lowest BCUT2D eigenvalue weighted by Crippen LogP contribution is -2.33. The summed E-state index contributed by atoms with van der Waals surface area (Å²) in [6.07, 6.45) is 5.24. The number of carbonyl (C=O) groups is 2. The quantitative estimate of drug-likeness (QED) is 0.664. The smallest absolute Gasteiger partial charge is 0.268 e. The molecule has 2 aromatic carbocycles. The van der Waals surface area contributed by atoms with Crippen LogP contribution in [-0.4, -0.2) is 21.6 Å². The van der Waals surface area contributed by atoms with Crippen LogP contribution < -0.4 is 10.6 Å². The van der Waals surface area contributed by atoms with Gasteiger partial charge >= 0.3 is 0 Å². The molecule has 136 valence electrons. The van der Waals surface area contributed by atoms with E-state index in [2.05, 4.69) is 15.7 Å². The lowest BCUT2D eigenvalue weighted by Gasteiger charge is -2.10. The van der Waals surface area contributed by atoms with Gasteiger partial charge in [-0.1, -0.05) is 42.5 Å². The van der Waals surface area contributed by atoms with Crippen molar-refractivity contribution in [1.82, 2.24) is 20.4 Å². The molecule has 27 heavy (non-hydrogen) atoms. The molecule has 0 radical (unpaired) electrons. The monoisotopic (exact) mass is 360 g/mol. The highest BCUT2D eigenvalue weighted by Gasteiger charge is 2.11. The molecule has 1 heterocycles. The Kier molecular flexibility index (Phi) is 5.79. The third kappa shape index (κ3) is 5.15. The molecule has 0 saturated carbocycles. The lowest BCUT2D eigenvalue weighted by molar-refractivity contribution is -0.122. The molecule has 0 fully saturated rings. The van der Waals surface area contributed by atoms with Gasteiger partial charge in [-0.2, -0.15) is 5.10 Å². The van der Waals surface area contributed by atoms with Gasteiger partial charge in [0.15, 0.2) is 0 Å². The minimum absolute atomic E-state index is 0.210. The number of aromatic nitrogens is 2. The van der Waals surface area contributed by atoms with Gasteiger partial charge in [-0.25, -0.2) is 4.68 Å². The summed E-state index contributed by atoms with van der Waals surface area (Å²) in [5.41, 5.74) is 2.93. The number of nitrogens with zero attached hydrogens (tertiary/aromatic N) is 2. The fraction of sp³-hybridized carbons (Fsp3) is 0.0952. The molecule has 0 aliphatic heterocycles. The second-order valence-electron chi connectivity index (χ2n) is 5.95. The van der Waals surface area contributed by atoms with E-state index in [9.17, 15) is 9.59 Å². The zero-order chi connectivity index (χ0) is 19.1. The SMILES string of the molecule is CC(=O)N/C(=C\c1ccccc1)C(=O)NCc1ccc(-n2cccn2)cc1. The standard InChI is InChI=1S/C21H20N4O2/c1-16(26)24-20(14-17-6-3-2-4-7-17)21(27)22-15-18-8-10-19(11-9-18)25-13-5-12-23-25/h2-14H,15H2,1H3,(H,22,27)(H,24,26)/b20-14-. The molecule has 3 rings (SSSR count). The third-order valence-electron chi connectivity index (χ3n) is 3.82. The molecule has 0 aliphatic carbocycles. The number of benzene rings is 2. The minimum Gasteiger partial charge on any atom is -0.347 e. The molecule has 2 N–H and O–H groups in total. The maximum absolute atomic E-state index is 12.5. The first-order valence-corrected chi connectivity index (χ1v) is 8.53. The van der Waals surface area contributed by atoms with Gasteiger partial charge < -0.3 is 10.6 Å². The first kappa shape index (κ1) is 18.1. The average molecular weight is 360 g/mol. The molecule has 0 bridgehead atoms. The number of nitrogens with one attached hydrogen (secondary N) is 2. The molecular formula is C21H20N4O2. The molecule has 0 spiro atoms. The van der Waals surface area contributed by atoms with Crippen molar-refractivity contribution in [2.24, 2.45) is 0 Å². The van der Waals surface area contributed by atoms with E-state index >= 15 is 0 Å². The maximum Gasteiger partial charge on any atom is 0.268 e. The summed E-state index contributed by atoms with van der Waals surface area (Å²) in [5.74, 6) is -0.638. The van der Waals surface area contributed by atoms with Crippen molar-refractivity contribution in [3.05, 3.63) is 89.9 Å². The van der Waals surface area contributed by atoms with Crippen molar-refractivity contribution in [2.45, 2.75) is 13.5 Å². The van der Waals surface area contributed by atoms with E-state index in [0.717, 1.165) is 16.8 Å². The Labute approximate surface area is 157 Å². The van der Waals surface area contributed by atoms with Crippen LogP contribution in [0, 0.1) is 0 Å². The highest BCUT2D eigenvalue weighted by Crippen LogP contribution is 2.09. The average Bonchev–Trinajstić information content (AvgIpc) is 3.21. The number of hydrogen-bond acceptors (Lipinski definition) is 3. The summed E-state index contributed by atoms with van der Waals surface area (Å²) in [6, 6.07) is 18.9. The maximum atomic E-state index is 12.5. The van der Waals surface area contributed by atoms with Crippen molar-refractivity contribution in [2.75, 3.05) is 0 Å². The zero-order valence-corrected chi connectivity index (χ0v) is 14.9. The summed E-state index contributed by atoms with van der Waals surface area (Å²) < 4.78 is 1.76. The molecule has 0 atom stereocenters. The van der Waals surface area contributed by atoms with E-state index in [1.165, 1.54) is 6.92 Å². The third-order valence-corrected chi connectivity index (χ3v) is 3.82. The first-order chi connectivity index (χ1) is 13.1. The lowest BCUT2D eigenvalue weighted by atomic mass is 10.1. The highest BCUT2D eigenvalue weighted by molar-refractivity contribution is 6.00. The molecule has 6 nitrogen and oxygen atoms in total. The number of rotatable bonds is 6. The summed E-state index contributed by atoms with van der Waals surface area (Å²) in [7, 11) is 0. The Morgan fingerprint density at radius 3 is 2.41 bits per heavy atom. The summed E-state index contributed by atoms with van der Waals surface area (Å²) in [4.78, 5) is 23.9. The van der Waals surface area contributed by atoms with Crippen molar-refractivity contribution >= 4 is 17.9 Å². The predicted octanol–water partition coefficient (Wildman–Crippen LogP) is 2.67. The van der Waals surface area contributed by atoms with Crippen molar-refractivity contribution < 1.29 is 9.59 Å². The van der Waals surface area contributed by atoms with Crippen LogP contribution in [0.1, 0.15) is 18.1 Å². The molecule has 0 unspecified atom stereocenters. The van der Waals surface area contributed by atoms with Gasteiger partial charge in [0.2, 0.25) is 5.91 Å². The molecule has 3 aromatic rings. The number of carbonyl (C=O) groups excluding carboxylic acids is 2. The second-order valence-corrected chi connectivity index (χ2v) is 5.95. The predicted molar refractivity (Wildman–Crippen MR) is 104 cm³/mol. The fourth-order valence-corrected chi connectivity index (χ4v) is 2.53. The second kappa shape index (κ2) is 8.62. The van der Waals surface area contributed by atoms with Crippen LogP contribution in [0.15, 0.2) is 78.8 Å². The van der Waals surface area contributed by atoms with Gasteiger partial charge in [0, 0.05) is 25.9 Å². The first-order valence-electron chi connectivity index (χ1n) is 8.53. The topological polar surface area (TPSA) is 76.0 Å². The van der Waals surface area contributed by atoms with Crippen LogP contribution >= 0.6 is 0 Å². The van der Waals surface area contributed by atoms with Gasteiger partial charge in [0.25, 0.3) is 5.91 Å². The van der Waals surface area contributed by atoms with Crippen LogP contribution in [0.3, 0.4) is 0 Å². The minimum atomic E-state index is -0.342. The van der Waals surface area contributed by atoms with E-state index in [4.69, 9.17) is 0 Å². The van der Waals surface area contributed by atoms with Gasteiger partial charge in [-0.05, 0) is 35.4 Å². The van der Waals surface area contributed by atoms with E-state index in [0.29, 0.717) is 6.54 Å². The van der Waals surface area contributed by atoms with Gasteiger partial charge in [-0.15, -0.1) is 0 Å². The fourth-order valence-electron chi connectivity index (χ4n) is 2.53. The molecule has 2 amide bonds. The van der Waals surface area contributed by atoms with Crippen LogP contribution in [-0.2, 0) is 16.1 Å². The number of amides is 2. The van der Waals surface area contributed by atoms with Crippen molar-refractivity contribution in [3.63, 3.8) is 0 Å². The largest absolute Gasteiger partial charge is 0.347 e. The molecule has 0 aliphatic rings. The normalized spacial score (nSPS) is 11.1. The van der Waals surface area contributed by atoms with E-state index in [-0.39, 0.29) is 17.5 Å². The molecule has 1 aromatic heterocycles. The highest BCUT2D eigenvalue weighted by atomic mass is 16.2. The number of hydrogen-bond donors (Lipinski definition) is 2. The molecule has 6 heteroatoms. The Morgan fingerprint density at radius 2 is 1.78 bits per heavy atom. The van der Waals surface area contributed by atoms with Gasteiger partial charge in [-0.3, -0.25) is 9.59 Å². The van der Waals surface area contributed by atoms with Crippen molar-refractivity contribution in [1.29, 1.82) is 0 Å². The van der Waals surface area contributed by atoms with E-state index in [1.807, 2.05) is 66.9 Å². The van der Waals surface area contributed by atoms with Crippen LogP contribution in [0.2, 0.25) is 0 Å². The zero-order valence-electron chi connectivity index (χ0n) is 14.9. The van der Waals surface area contributed by atoms with Crippen LogP contribution in [0.25, 0.3) is 11.8 Å². The summed E-state index contributed by atoms with van der Waals surface area (Å²) >= 11 is 0. The summed E-state index contributed by atoms with van der Waals surface area (Å²) in [6.45, 7) is 1.73.